The summed E-state index contributed by atoms with van der Waals surface area (Å²) in [5.41, 5.74) is -2.61. The number of alkyl halides is 6. The molecule has 0 saturated carbocycles. The Balaban J connectivity index is 1.87. The van der Waals surface area contributed by atoms with Crippen LogP contribution in [-0.2, 0) is 19.0 Å². The van der Waals surface area contributed by atoms with Gasteiger partial charge in [-0.2, -0.15) is 41.8 Å². The molecule has 0 spiro atoms. The number of halogens is 7. The van der Waals surface area contributed by atoms with Crippen LogP contribution in [0.2, 0.25) is 0 Å². The zero-order chi connectivity index (χ0) is 21.4. The lowest BCUT2D eigenvalue weighted by Gasteiger charge is -2.17. The fraction of sp³-hybridized carbons (Fsp3) is 0.222. The van der Waals surface area contributed by atoms with Gasteiger partial charge in [0.15, 0.2) is 0 Å². The third-order valence-corrected chi connectivity index (χ3v) is 3.97. The molecule has 0 aliphatic carbocycles. The number of hydrogen-bond acceptors (Lipinski definition) is 3. The summed E-state index contributed by atoms with van der Waals surface area (Å²) in [5, 5.41) is 10.0. The first-order valence-corrected chi connectivity index (χ1v) is 8.03. The molecular weight excluding hydrogens is 407 g/mol. The van der Waals surface area contributed by atoms with Gasteiger partial charge in [-0.25, -0.2) is 4.39 Å². The molecule has 0 unspecified atom stereocenters. The fourth-order valence-electron chi connectivity index (χ4n) is 2.67. The van der Waals surface area contributed by atoms with E-state index in [4.69, 9.17) is 4.74 Å². The molecule has 4 nitrogen and oxygen atoms in total. The topological polar surface area (TPSA) is 50.8 Å². The van der Waals surface area contributed by atoms with Crippen LogP contribution in [0.5, 0.6) is 5.75 Å². The van der Waals surface area contributed by atoms with Crippen molar-refractivity contribution in [2.45, 2.75) is 25.9 Å². The largest absolute Gasteiger partial charge is 0.489 e. The van der Waals surface area contributed by atoms with Gasteiger partial charge in [0, 0.05) is 11.6 Å². The Morgan fingerprint density at radius 2 is 1.59 bits per heavy atom. The van der Waals surface area contributed by atoms with Crippen molar-refractivity contribution in [3.63, 3.8) is 0 Å². The molecule has 0 bridgehead atoms. The molecule has 1 N–H and O–H groups in total. The zero-order valence-electron chi connectivity index (χ0n) is 14.6. The third-order valence-electron chi connectivity index (χ3n) is 3.97. The maximum Gasteiger partial charge on any atom is 0.417 e. The normalized spacial score (nSPS) is 12.3. The molecule has 0 aliphatic heterocycles. The summed E-state index contributed by atoms with van der Waals surface area (Å²) >= 11 is 0. The van der Waals surface area contributed by atoms with Crippen LogP contribution in [0.1, 0.15) is 22.4 Å². The van der Waals surface area contributed by atoms with Gasteiger partial charge in [0.1, 0.15) is 23.9 Å². The summed E-state index contributed by atoms with van der Waals surface area (Å²) in [7, 11) is 0. The number of aromatic nitrogens is 3. The molecule has 0 atom stereocenters. The average molecular weight is 419 g/mol. The monoisotopic (exact) mass is 419 g/mol. The lowest BCUT2D eigenvalue weighted by atomic mass is 10.0. The summed E-state index contributed by atoms with van der Waals surface area (Å²) in [6, 6.07) is 5.14. The Bertz CT molecular complexity index is 1030. The molecule has 0 saturated heterocycles. The summed E-state index contributed by atoms with van der Waals surface area (Å²) in [4.78, 5) is 0. The van der Waals surface area contributed by atoms with Gasteiger partial charge < -0.3 is 4.74 Å². The summed E-state index contributed by atoms with van der Waals surface area (Å²) in [6.45, 7) is 1.13. The van der Waals surface area contributed by atoms with E-state index >= 15 is 0 Å². The van der Waals surface area contributed by atoms with Gasteiger partial charge >= 0.3 is 12.4 Å². The Kier molecular flexibility index (Phi) is 5.24. The standard InChI is InChI=1S/C18H12F7N3O/c1-9-16(27-28-26-9)11-5-12(19)7-13(6-11)29-8-10-2-3-14(17(20,21)22)15(4-10)18(23,24)25/h2-7H,8H2,1H3,(H,26,27,28). The lowest BCUT2D eigenvalue weighted by Crippen LogP contribution is -2.17. The van der Waals surface area contributed by atoms with E-state index in [0.29, 0.717) is 29.1 Å². The van der Waals surface area contributed by atoms with Gasteiger partial charge in [-0.15, -0.1) is 0 Å². The molecule has 0 amide bonds. The minimum Gasteiger partial charge on any atom is -0.489 e. The Morgan fingerprint density at radius 3 is 2.17 bits per heavy atom. The maximum absolute atomic E-state index is 13.9. The van der Waals surface area contributed by atoms with Crippen molar-refractivity contribution in [2.24, 2.45) is 0 Å². The van der Waals surface area contributed by atoms with Crippen molar-refractivity contribution in [3.05, 3.63) is 64.6 Å². The van der Waals surface area contributed by atoms with Crippen molar-refractivity contribution >= 4 is 0 Å². The maximum atomic E-state index is 13.9. The summed E-state index contributed by atoms with van der Waals surface area (Å²) in [5.74, 6) is -0.723. The number of ether oxygens (including phenoxy) is 1. The molecule has 1 heterocycles. The van der Waals surface area contributed by atoms with Gasteiger partial charge in [-0.05, 0) is 36.8 Å². The number of H-pyrrole nitrogens is 1. The number of aromatic amines is 1. The van der Waals surface area contributed by atoms with E-state index in [2.05, 4.69) is 15.4 Å². The number of rotatable bonds is 4. The molecule has 0 aliphatic rings. The van der Waals surface area contributed by atoms with Crippen molar-refractivity contribution in [1.82, 2.24) is 15.4 Å². The van der Waals surface area contributed by atoms with Crippen LogP contribution in [0.15, 0.2) is 36.4 Å². The number of aryl methyl sites for hydroxylation is 1. The second-order valence-corrected chi connectivity index (χ2v) is 6.10. The van der Waals surface area contributed by atoms with Crippen molar-refractivity contribution in [2.75, 3.05) is 0 Å². The number of benzene rings is 2. The predicted molar refractivity (Wildman–Crippen MR) is 87.3 cm³/mol. The second kappa shape index (κ2) is 7.37. The SMILES string of the molecule is Cc1n[nH]nc1-c1cc(F)cc(OCc2ccc(C(F)(F)F)c(C(F)(F)F)c2)c1. The first-order chi connectivity index (χ1) is 13.4. The summed E-state index contributed by atoms with van der Waals surface area (Å²) < 4.78 is 96.7. The minimum absolute atomic E-state index is 0.0316. The predicted octanol–water partition coefficient (Wildman–Crippen LogP) is 5.54. The van der Waals surface area contributed by atoms with E-state index in [-0.39, 0.29) is 11.3 Å². The number of nitrogens with one attached hydrogen (secondary N) is 1. The highest BCUT2D eigenvalue weighted by Crippen LogP contribution is 2.40. The minimum atomic E-state index is -5.20. The first kappa shape index (κ1) is 20.6. The number of hydrogen-bond donors (Lipinski definition) is 1. The van der Waals surface area contributed by atoms with Gasteiger partial charge in [-0.1, -0.05) is 6.07 Å². The van der Waals surface area contributed by atoms with E-state index in [1.54, 1.807) is 6.92 Å². The Morgan fingerprint density at radius 1 is 0.897 bits per heavy atom. The molecular formula is C18H12F7N3O. The van der Waals surface area contributed by atoms with E-state index in [9.17, 15) is 30.7 Å². The van der Waals surface area contributed by atoms with Crippen molar-refractivity contribution < 1.29 is 35.5 Å². The van der Waals surface area contributed by atoms with E-state index in [1.807, 2.05) is 0 Å². The highest BCUT2D eigenvalue weighted by Gasteiger charge is 2.43. The smallest absolute Gasteiger partial charge is 0.417 e. The molecule has 0 fully saturated rings. The molecule has 2 aromatic carbocycles. The van der Waals surface area contributed by atoms with Gasteiger partial charge in [-0.3, -0.25) is 0 Å². The highest BCUT2D eigenvalue weighted by molar-refractivity contribution is 5.63. The van der Waals surface area contributed by atoms with Crippen molar-refractivity contribution in [1.29, 1.82) is 0 Å². The van der Waals surface area contributed by atoms with Crippen LogP contribution in [-0.4, -0.2) is 15.4 Å². The first-order valence-electron chi connectivity index (χ1n) is 8.03. The Hall–Kier alpha value is -3.11. The highest BCUT2D eigenvalue weighted by atomic mass is 19.4. The molecule has 29 heavy (non-hydrogen) atoms. The molecule has 11 heteroatoms. The molecule has 154 valence electrons. The van der Waals surface area contributed by atoms with Crippen LogP contribution in [0.3, 0.4) is 0 Å². The van der Waals surface area contributed by atoms with Gasteiger partial charge in [0.2, 0.25) is 0 Å². The van der Waals surface area contributed by atoms with E-state index in [1.165, 1.54) is 6.07 Å². The van der Waals surface area contributed by atoms with E-state index in [0.717, 1.165) is 18.2 Å². The third kappa shape index (κ3) is 4.66. The van der Waals surface area contributed by atoms with Crippen molar-refractivity contribution in [3.8, 4) is 17.0 Å². The van der Waals surface area contributed by atoms with Gasteiger partial charge in [0.05, 0.1) is 16.8 Å². The molecule has 3 rings (SSSR count). The van der Waals surface area contributed by atoms with E-state index < -0.39 is 35.9 Å². The molecule has 0 radical (unpaired) electrons. The molecule has 3 aromatic rings. The van der Waals surface area contributed by atoms with Gasteiger partial charge in [0.25, 0.3) is 0 Å². The molecule has 1 aromatic heterocycles. The number of nitrogens with zero attached hydrogens (tertiary/aromatic N) is 2. The zero-order valence-corrected chi connectivity index (χ0v) is 14.6. The fourth-order valence-corrected chi connectivity index (χ4v) is 2.67. The summed E-state index contributed by atoms with van der Waals surface area (Å²) in [6.07, 6.45) is -10.4. The Labute approximate surface area is 159 Å². The average Bonchev–Trinajstić information content (AvgIpc) is 3.04. The van der Waals surface area contributed by atoms with Crippen LogP contribution >= 0.6 is 0 Å². The quantitative estimate of drug-likeness (QED) is 0.566. The van der Waals surface area contributed by atoms with Crippen LogP contribution in [0.25, 0.3) is 11.3 Å². The lowest BCUT2D eigenvalue weighted by molar-refractivity contribution is -0.162. The second-order valence-electron chi connectivity index (χ2n) is 6.10. The van der Waals surface area contributed by atoms with Crippen LogP contribution in [0, 0.1) is 12.7 Å². The van der Waals surface area contributed by atoms with Crippen LogP contribution in [0.4, 0.5) is 30.7 Å². The van der Waals surface area contributed by atoms with Crippen LogP contribution < -0.4 is 4.74 Å².